The van der Waals surface area contributed by atoms with Gasteiger partial charge in [0, 0.05) is 12.0 Å². The fraction of sp³-hybridized carbons (Fsp3) is 1.00. The van der Waals surface area contributed by atoms with E-state index in [2.05, 4.69) is 0 Å². The van der Waals surface area contributed by atoms with Gasteiger partial charge in [-0.1, -0.05) is 0 Å². The van der Waals surface area contributed by atoms with Crippen LogP contribution >= 0.6 is 0 Å². The minimum atomic E-state index is -0.338. The molecule has 11 heavy (non-hydrogen) atoms. The van der Waals surface area contributed by atoms with Crippen LogP contribution in [0.4, 0.5) is 0 Å². The van der Waals surface area contributed by atoms with Gasteiger partial charge in [0.25, 0.3) is 0 Å². The van der Waals surface area contributed by atoms with Gasteiger partial charge in [0.15, 0.2) is 9.76 Å². The SMILES string of the molecule is [SiH3]O[SiH2]C1CCCC23OC12O3. The summed E-state index contributed by atoms with van der Waals surface area (Å²) < 4.78 is 16.5. The lowest BCUT2D eigenvalue weighted by Crippen LogP contribution is -2.20. The van der Waals surface area contributed by atoms with Gasteiger partial charge >= 0.3 is 0 Å². The van der Waals surface area contributed by atoms with Crippen LogP contribution in [0.5, 0.6) is 0 Å². The second kappa shape index (κ2) is 1.80. The summed E-state index contributed by atoms with van der Waals surface area (Å²) in [5.74, 6) is -0.148. The molecule has 0 radical (unpaired) electrons. The highest BCUT2D eigenvalue weighted by atomic mass is 28.3. The summed E-state index contributed by atoms with van der Waals surface area (Å²) in [5.41, 5.74) is 0.661. The van der Waals surface area contributed by atoms with E-state index in [-0.39, 0.29) is 21.3 Å². The lowest BCUT2D eigenvalue weighted by molar-refractivity contribution is -0.0930. The summed E-state index contributed by atoms with van der Waals surface area (Å²) in [6.45, 7) is 0. The van der Waals surface area contributed by atoms with Crippen LogP contribution in [0.3, 0.4) is 0 Å². The minimum Gasteiger partial charge on any atom is -0.468 e. The zero-order chi connectivity index (χ0) is 7.53. The van der Waals surface area contributed by atoms with Crippen molar-refractivity contribution in [2.75, 3.05) is 0 Å². The van der Waals surface area contributed by atoms with Crippen molar-refractivity contribution in [3.8, 4) is 0 Å². The fourth-order valence-electron chi connectivity index (χ4n) is 2.37. The van der Waals surface area contributed by atoms with Crippen LogP contribution in [0.2, 0.25) is 5.54 Å². The summed E-state index contributed by atoms with van der Waals surface area (Å²) in [7, 11) is 0.549. The van der Waals surface area contributed by atoms with Crippen molar-refractivity contribution in [3.05, 3.63) is 0 Å². The maximum Gasteiger partial charge on any atom is 0.231 e. The van der Waals surface area contributed by atoms with Crippen LogP contribution in [0.15, 0.2) is 0 Å². The quantitative estimate of drug-likeness (QED) is 0.403. The number of hydrogen-bond donors (Lipinski definition) is 0. The van der Waals surface area contributed by atoms with Crippen molar-refractivity contribution < 1.29 is 13.6 Å². The second-order valence-electron chi connectivity index (χ2n) is 3.67. The molecule has 0 N–H and O–H groups in total. The Morgan fingerprint density at radius 2 is 2.36 bits per heavy atom. The van der Waals surface area contributed by atoms with Crippen molar-refractivity contribution in [2.45, 2.75) is 36.4 Å². The summed E-state index contributed by atoms with van der Waals surface area (Å²) in [4.78, 5) is 0. The van der Waals surface area contributed by atoms with Gasteiger partial charge in [0.1, 0.15) is 10.5 Å². The predicted octanol–water partition coefficient (Wildman–Crippen LogP) is -1.21. The van der Waals surface area contributed by atoms with E-state index in [0.29, 0.717) is 5.54 Å². The van der Waals surface area contributed by atoms with Crippen molar-refractivity contribution >= 4 is 20.2 Å². The van der Waals surface area contributed by atoms with Gasteiger partial charge in [0.05, 0.1) is 0 Å². The van der Waals surface area contributed by atoms with Gasteiger partial charge in [-0.25, -0.2) is 0 Å². The molecule has 0 aromatic carbocycles. The molecule has 3 nitrogen and oxygen atoms in total. The van der Waals surface area contributed by atoms with Crippen LogP contribution in [0, 0.1) is 0 Å². The topological polar surface area (TPSA) is 34.3 Å². The highest BCUT2D eigenvalue weighted by Gasteiger charge is 2.93. The number of rotatable bonds is 2. The molecular weight excluding hydrogens is 176 g/mol. The first kappa shape index (κ1) is 6.79. The maximum absolute atomic E-state index is 5.55. The molecule has 0 aromatic heterocycles. The number of hydrogen-bond acceptors (Lipinski definition) is 3. The molecular formula is C6H12O3Si2. The molecule has 0 spiro atoms. The Balaban J connectivity index is 1.76. The first-order valence-corrected chi connectivity index (χ1v) is 6.43. The highest BCUT2D eigenvalue weighted by Crippen LogP contribution is 2.77. The molecule has 2 saturated heterocycles. The average molecular weight is 188 g/mol. The minimum absolute atomic E-state index is 0.0665. The van der Waals surface area contributed by atoms with Crippen LogP contribution in [-0.2, 0) is 13.6 Å². The molecule has 2 heterocycles. The molecule has 1 atom stereocenters. The van der Waals surface area contributed by atoms with Crippen LogP contribution in [-0.4, -0.2) is 31.8 Å². The van der Waals surface area contributed by atoms with Crippen LogP contribution in [0.1, 0.15) is 19.3 Å². The third-order valence-electron chi connectivity index (χ3n) is 3.04. The van der Waals surface area contributed by atoms with Gasteiger partial charge < -0.3 is 13.6 Å². The Hall–Kier alpha value is 0.314. The Labute approximate surface area is 70.9 Å². The van der Waals surface area contributed by atoms with Crippen molar-refractivity contribution in [1.82, 2.24) is 0 Å². The zero-order valence-electron chi connectivity index (χ0n) is 6.63. The molecule has 0 bridgehead atoms. The Kier molecular flexibility index (Phi) is 1.11. The largest absolute Gasteiger partial charge is 0.468 e. The first-order chi connectivity index (χ1) is 5.33. The van der Waals surface area contributed by atoms with Crippen LogP contribution < -0.4 is 0 Å². The van der Waals surface area contributed by atoms with Crippen LogP contribution in [0.25, 0.3) is 0 Å². The molecule has 62 valence electrons. The van der Waals surface area contributed by atoms with E-state index in [1.54, 1.807) is 0 Å². The van der Waals surface area contributed by atoms with Crippen molar-refractivity contribution in [1.29, 1.82) is 0 Å². The third-order valence-corrected chi connectivity index (χ3v) is 5.73. The molecule has 5 heteroatoms. The van der Waals surface area contributed by atoms with E-state index >= 15 is 0 Å². The van der Waals surface area contributed by atoms with E-state index < -0.39 is 0 Å². The van der Waals surface area contributed by atoms with Gasteiger partial charge in [-0.2, -0.15) is 0 Å². The number of epoxide rings is 2. The molecule has 0 aromatic rings. The van der Waals surface area contributed by atoms with Crippen molar-refractivity contribution in [2.24, 2.45) is 0 Å². The Morgan fingerprint density at radius 3 is 3.09 bits per heavy atom. The summed E-state index contributed by atoms with van der Waals surface area (Å²) in [6.07, 6.45) is 3.67. The highest BCUT2D eigenvalue weighted by molar-refractivity contribution is 6.36. The molecule has 3 aliphatic rings. The van der Waals surface area contributed by atoms with Gasteiger partial charge in [-0.05, 0) is 12.8 Å². The molecule has 3 rings (SSSR count). The van der Waals surface area contributed by atoms with E-state index in [4.69, 9.17) is 13.6 Å². The fourth-order valence-corrected chi connectivity index (χ4v) is 5.13. The zero-order valence-corrected chi connectivity index (χ0v) is 10.0. The summed E-state index contributed by atoms with van der Waals surface area (Å²) in [5, 5.41) is 0. The van der Waals surface area contributed by atoms with E-state index in [1.165, 1.54) is 12.8 Å². The molecule has 3 fully saturated rings. The van der Waals surface area contributed by atoms with Gasteiger partial charge in [0.2, 0.25) is 11.6 Å². The molecule has 1 saturated carbocycles. The third kappa shape index (κ3) is 0.642. The van der Waals surface area contributed by atoms with Gasteiger partial charge in [-0.15, -0.1) is 0 Å². The first-order valence-electron chi connectivity index (χ1n) is 4.22. The Morgan fingerprint density at radius 1 is 1.55 bits per heavy atom. The smallest absolute Gasteiger partial charge is 0.231 e. The Bertz CT molecular complexity index is 200. The summed E-state index contributed by atoms with van der Waals surface area (Å²) >= 11 is 0. The molecule has 1 unspecified atom stereocenters. The molecule has 1 aliphatic carbocycles. The average Bonchev–Trinajstić information content (AvgIpc) is 2.73. The van der Waals surface area contributed by atoms with E-state index in [9.17, 15) is 0 Å². The summed E-state index contributed by atoms with van der Waals surface area (Å²) in [6, 6.07) is 0. The number of ether oxygens (including phenoxy) is 2. The van der Waals surface area contributed by atoms with Crippen molar-refractivity contribution in [3.63, 3.8) is 0 Å². The second-order valence-corrected chi connectivity index (χ2v) is 7.30. The monoisotopic (exact) mass is 188 g/mol. The standard InChI is InChI=1S/C6H12O3Si2/c10-9-11-4-2-1-3-5-6(4,7-5)8-5/h4H,1-3,11H2,10H3. The molecule has 0 amide bonds. The predicted molar refractivity (Wildman–Crippen MR) is 44.8 cm³/mol. The maximum atomic E-state index is 5.55. The van der Waals surface area contributed by atoms with Gasteiger partial charge in [-0.3, -0.25) is 0 Å². The lowest BCUT2D eigenvalue weighted by Gasteiger charge is -2.13. The molecule has 2 aliphatic heterocycles. The van der Waals surface area contributed by atoms with E-state index in [1.807, 2.05) is 0 Å². The lowest BCUT2D eigenvalue weighted by atomic mass is 10.0. The normalized spacial score (nSPS) is 59.5. The van der Waals surface area contributed by atoms with E-state index in [0.717, 1.165) is 16.9 Å².